The second-order valence-corrected chi connectivity index (χ2v) is 5.15. The first kappa shape index (κ1) is 13.1. The lowest BCUT2D eigenvalue weighted by Gasteiger charge is -2.34. The van der Waals surface area contributed by atoms with E-state index in [0.717, 1.165) is 6.42 Å². The van der Waals surface area contributed by atoms with Crippen molar-refractivity contribution in [3.05, 3.63) is 24.0 Å². The number of halogens is 1. The molecule has 2 N–H and O–H groups in total. The van der Waals surface area contributed by atoms with Crippen molar-refractivity contribution in [3.8, 4) is 0 Å². The van der Waals surface area contributed by atoms with Gasteiger partial charge in [-0.2, -0.15) is 0 Å². The van der Waals surface area contributed by atoms with Crippen molar-refractivity contribution in [2.45, 2.75) is 38.3 Å². The molecule has 6 heteroatoms. The second-order valence-electron chi connectivity index (χ2n) is 5.15. The van der Waals surface area contributed by atoms with Crippen molar-refractivity contribution in [3.63, 3.8) is 0 Å². The molecule has 0 saturated heterocycles. The molecule has 1 saturated carbocycles. The van der Waals surface area contributed by atoms with E-state index in [4.69, 9.17) is 0 Å². The van der Waals surface area contributed by atoms with Crippen molar-refractivity contribution in [1.29, 1.82) is 0 Å². The zero-order chi connectivity index (χ0) is 14.3. The number of aliphatic hydroxyl groups is 1. The number of benzene rings is 1. The Balaban J connectivity index is 1.97. The van der Waals surface area contributed by atoms with Crippen LogP contribution in [0.1, 0.15) is 26.2 Å². The molecule has 0 radical (unpaired) electrons. The summed E-state index contributed by atoms with van der Waals surface area (Å²) in [4.78, 5) is 16.3. The molecule has 5 nitrogen and oxygen atoms in total. The Morgan fingerprint density at radius 2 is 2.30 bits per heavy atom. The summed E-state index contributed by atoms with van der Waals surface area (Å²) < 4.78 is 15.0. The first-order chi connectivity index (χ1) is 9.53. The van der Waals surface area contributed by atoms with Crippen LogP contribution < -0.4 is 5.32 Å². The molecule has 1 aromatic heterocycles. The standard InChI is InChI=1S/C14H16FN3O2/c1-2-18-11-8-9(15)4-5-10(11)16-13(18)17-12(19)14(20)6-3-7-14/h4-5,8,20H,2-3,6-7H2,1H3,(H,16,17,19). The number of hydrogen-bond donors (Lipinski definition) is 2. The molecule has 1 amide bonds. The number of amides is 1. The number of aryl methyl sites for hydroxylation is 1. The Hall–Kier alpha value is -1.95. The molecule has 1 heterocycles. The molecule has 20 heavy (non-hydrogen) atoms. The third-order valence-corrected chi connectivity index (χ3v) is 3.86. The van der Waals surface area contributed by atoms with Crippen molar-refractivity contribution in [2.24, 2.45) is 0 Å². The maximum atomic E-state index is 13.3. The number of aromatic nitrogens is 2. The predicted octanol–water partition coefficient (Wildman–Crippen LogP) is 2.05. The molecule has 0 unspecified atom stereocenters. The zero-order valence-electron chi connectivity index (χ0n) is 11.2. The summed E-state index contributed by atoms with van der Waals surface area (Å²) in [5, 5.41) is 12.7. The predicted molar refractivity (Wildman–Crippen MR) is 72.8 cm³/mol. The monoisotopic (exact) mass is 277 g/mol. The van der Waals surface area contributed by atoms with Gasteiger partial charge in [0.25, 0.3) is 5.91 Å². The van der Waals surface area contributed by atoms with Gasteiger partial charge in [0.05, 0.1) is 11.0 Å². The molecule has 1 aromatic carbocycles. The maximum Gasteiger partial charge on any atom is 0.258 e. The number of nitrogens with zero attached hydrogens (tertiary/aromatic N) is 2. The molecule has 1 fully saturated rings. The van der Waals surface area contributed by atoms with E-state index in [1.165, 1.54) is 12.1 Å². The lowest BCUT2D eigenvalue weighted by Crippen LogP contribution is -2.48. The van der Waals surface area contributed by atoms with Gasteiger partial charge in [-0.05, 0) is 44.4 Å². The molecule has 3 rings (SSSR count). The molecular formula is C14H16FN3O2. The number of fused-ring (bicyclic) bond motifs is 1. The summed E-state index contributed by atoms with van der Waals surface area (Å²) in [5.74, 6) is -0.435. The number of imidazole rings is 1. The first-order valence-corrected chi connectivity index (χ1v) is 6.73. The quantitative estimate of drug-likeness (QED) is 0.902. The molecule has 106 valence electrons. The van der Waals surface area contributed by atoms with E-state index in [2.05, 4.69) is 10.3 Å². The van der Waals surface area contributed by atoms with Crippen molar-refractivity contribution >= 4 is 22.9 Å². The second kappa shape index (κ2) is 4.56. The average molecular weight is 277 g/mol. The molecule has 1 aliphatic rings. The lowest BCUT2D eigenvalue weighted by molar-refractivity contribution is -0.142. The Bertz CT molecular complexity index is 676. The van der Waals surface area contributed by atoms with Gasteiger partial charge in [0.2, 0.25) is 5.95 Å². The number of carbonyl (C=O) groups is 1. The molecule has 2 aromatic rings. The molecule has 1 aliphatic carbocycles. The normalized spacial score (nSPS) is 16.9. The summed E-state index contributed by atoms with van der Waals surface area (Å²) >= 11 is 0. The van der Waals surface area contributed by atoms with E-state index in [9.17, 15) is 14.3 Å². The van der Waals surface area contributed by atoms with E-state index < -0.39 is 11.5 Å². The van der Waals surface area contributed by atoms with Gasteiger partial charge in [0, 0.05) is 6.54 Å². The largest absolute Gasteiger partial charge is 0.380 e. The fourth-order valence-corrected chi connectivity index (χ4v) is 2.47. The number of carbonyl (C=O) groups excluding carboxylic acids is 1. The van der Waals surface area contributed by atoms with Crippen molar-refractivity contribution < 1.29 is 14.3 Å². The average Bonchev–Trinajstić information content (AvgIpc) is 2.72. The van der Waals surface area contributed by atoms with E-state index in [0.29, 0.717) is 36.4 Å². The van der Waals surface area contributed by atoms with Crippen molar-refractivity contribution in [2.75, 3.05) is 5.32 Å². The van der Waals surface area contributed by atoms with Gasteiger partial charge in [-0.1, -0.05) is 0 Å². The van der Waals surface area contributed by atoms with Crippen LogP contribution in [0.2, 0.25) is 0 Å². The highest BCUT2D eigenvalue weighted by molar-refractivity contribution is 5.97. The summed E-state index contributed by atoms with van der Waals surface area (Å²) in [6, 6.07) is 4.30. The van der Waals surface area contributed by atoms with Gasteiger partial charge in [-0.15, -0.1) is 0 Å². The van der Waals surface area contributed by atoms with Crippen LogP contribution in [-0.4, -0.2) is 26.2 Å². The van der Waals surface area contributed by atoms with Gasteiger partial charge in [0.15, 0.2) is 0 Å². The number of rotatable bonds is 3. The minimum atomic E-state index is -1.28. The molecule has 0 bridgehead atoms. The molecule has 0 spiro atoms. The highest BCUT2D eigenvalue weighted by Gasteiger charge is 2.42. The number of hydrogen-bond acceptors (Lipinski definition) is 3. The Kier molecular flexibility index (Phi) is 2.97. The number of anilines is 1. The lowest BCUT2D eigenvalue weighted by atomic mass is 9.79. The third-order valence-electron chi connectivity index (χ3n) is 3.86. The van der Waals surface area contributed by atoms with Crippen LogP contribution in [0.5, 0.6) is 0 Å². The zero-order valence-corrected chi connectivity index (χ0v) is 11.2. The summed E-state index contributed by atoms with van der Waals surface area (Å²) in [7, 11) is 0. The SMILES string of the molecule is CCn1c(NC(=O)C2(O)CCC2)nc2ccc(F)cc21. The Labute approximate surface area is 115 Å². The fourth-order valence-electron chi connectivity index (χ4n) is 2.47. The van der Waals surface area contributed by atoms with Crippen LogP contribution in [0.25, 0.3) is 11.0 Å². The maximum absolute atomic E-state index is 13.3. The van der Waals surface area contributed by atoms with Gasteiger partial charge >= 0.3 is 0 Å². The van der Waals surface area contributed by atoms with Crippen LogP contribution in [0, 0.1) is 5.82 Å². The van der Waals surface area contributed by atoms with Crippen LogP contribution in [0.15, 0.2) is 18.2 Å². The van der Waals surface area contributed by atoms with Crippen LogP contribution >= 0.6 is 0 Å². The topological polar surface area (TPSA) is 67.2 Å². The van der Waals surface area contributed by atoms with E-state index in [1.54, 1.807) is 10.6 Å². The van der Waals surface area contributed by atoms with Crippen molar-refractivity contribution in [1.82, 2.24) is 9.55 Å². The first-order valence-electron chi connectivity index (χ1n) is 6.73. The number of nitrogens with one attached hydrogen (secondary N) is 1. The van der Waals surface area contributed by atoms with E-state index in [-0.39, 0.29) is 5.82 Å². The third kappa shape index (κ3) is 1.96. The van der Waals surface area contributed by atoms with Crippen LogP contribution in [0.3, 0.4) is 0 Å². The van der Waals surface area contributed by atoms with E-state index in [1.807, 2.05) is 6.92 Å². The van der Waals surface area contributed by atoms with E-state index >= 15 is 0 Å². The summed E-state index contributed by atoms with van der Waals surface area (Å²) in [6.07, 6.45) is 1.79. The molecular weight excluding hydrogens is 261 g/mol. The Morgan fingerprint density at radius 3 is 2.90 bits per heavy atom. The van der Waals surface area contributed by atoms with Crippen LogP contribution in [0.4, 0.5) is 10.3 Å². The van der Waals surface area contributed by atoms with Gasteiger partial charge in [-0.3, -0.25) is 10.1 Å². The van der Waals surface area contributed by atoms with Gasteiger partial charge in [-0.25, -0.2) is 9.37 Å². The molecule has 0 atom stereocenters. The molecule has 0 aliphatic heterocycles. The Morgan fingerprint density at radius 1 is 1.55 bits per heavy atom. The minimum Gasteiger partial charge on any atom is -0.380 e. The summed E-state index contributed by atoms with van der Waals surface area (Å²) in [6.45, 7) is 2.44. The smallest absolute Gasteiger partial charge is 0.258 e. The van der Waals surface area contributed by atoms with Gasteiger partial charge in [0.1, 0.15) is 11.4 Å². The van der Waals surface area contributed by atoms with Crippen LogP contribution in [-0.2, 0) is 11.3 Å². The van der Waals surface area contributed by atoms with Gasteiger partial charge < -0.3 is 9.67 Å². The highest BCUT2D eigenvalue weighted by atomic mass is 19.1. The fraction of sp³-hybridized carbons (Fsp3) is 0.429. The highest BCUT2D eigenvalue weighted by Crippen LogP contribution is 2.33. The minimum absolute atomic E-state index is 0.345. The summed E-state index contributed by atoms with van der Waals surface area (Å²) in [5.41, 5.74) is -0.0327.